The number of nitrogens with zero attached hydrogens (tertiary/aromatic N) is 2. The smallest absolute Gasteiger partial charge is 0.253 e. The summed E-state index contributed by atoms with van der Waals surface area (Å²) in [6, 6.07) is 10.0. The van der Waals surface area contributed by atoms with Gasteiger partial charge in [-0.15, -0.1) is 11.3 Å². The Labute approximate surface area is 206 Å². The molecule has 1 unspecified atom stereocenters. The van der Waals surface area contributed by atoms with Crippen LogP contribution in [0, 0.1) is 0 Å². The second kappa shape index (κ2) is 9.03. The zero-order valence-electron chi connectivity index (χ0n) is 19.7. The van der Waals surface area contributed by atoms with Crippen LogP contribution in [0.2, 0.25) is 0 Å². The number of amides is 1. The molecule has 2 aromatic carbocycles. The summed E-state index contributed by atoms with van der Waals surface area (Å²) in [5.41, 5.74) is 3.69. The normalized spacial score (nSPS) is 18.3. The third kappa shape index (κ3) is 4.18. The molecule has 1 amide bonds. The number of anilines is 2. The van der Waals surface area contributed by atoms with Crippen LogP contribution in [-0.2, 0) is 4.74 Å². The first-order chi connectivity index (χ1) is 17.1. The number of hydrogen-bond donors (Lipinski definition) is 4. The third-order valence-corrected chi connectivity index (χ3v) is 7.65. The maximum absolute atomic E-state index is 12.5. The van der Waals surface area contributed by atoms with E-state index in [0.29, 0.717) is 12.2 Å². The van der Waals surface area contributed by atoms with Crippen LogP contribution in [0.1, 0.15) is 34.9 Å². The number of benzene rings is 2. The summed E-state index contributed by atoms with van der Waals surface area (Å²) in [5.74, 6) is 0.802. The number of H-pyrrole nitrogens is 1. The zero-order chi connectivity index (χ0) is 23.9. The highest BCUT2D eigenvalue weighted by molar-refractivity contribution is 7.23. The number of carbonyl (C=O) groups is 1. The number of rotatable bonds is 5. The third-order valence-electron chi connectivity index (χ3n) is 6.53. The Morgan fingerprint density at radius 1 is 1.23 bits per heavy atom. The van der Waals surface area contributed by atoms with E-state index in [1.165, 1.54) is 0 Å². The minimum Gasteiger partial charge on any atom is -0.488 e. The van der Waals surface area contributed by atoms with Crippen molar-refractivity contribution >= 4 is 48.9 Å². The van der Waals surface area contributed by atoms with Crippen molar-refractivity contribution in [1.82, 2.24) is 20.4 Å². The molecule has 2 aliphatic heterocycles. The second-order valence-corrected chi connectivity index (χ2v) is 10.2. The monoisotopic (exact) mass is 492 g/mol. The molecule has 9 nitrogen and oxygen atoms in total. The molecule has 1 fully saturated rings. The lowest BCUT2D eigenvalue weighted by atomic mass is 10.1. The lowest BCUT2D eigenvalue weighted by Crippen LogP contribution is -2.36. The zero-order valence-corrected chi connectivity index (χ0v) is 20.5. The van der Waals surface area contributed by atoms with Gasteiger partial charge in [-0.3, -0.25) is 15.2 Å². The van der Waals surface area contributed by atoms with Crippen LogP contribution in [0.3, 0.4) is 0 Å². The number of aromatic amines is 1. The summed E-state index contributed by atoms with van der Waals surface area (Å²) < 4.78 is 13.0. The topological polar surface area (TPSA) is 104 Å². The van der Waals surface area contributed by atoms with E-state index in [0.717, 1.165) is 69.0 Å². The fourth-order valence-corrected chi connectivity index (χ4v) is 5.87. The van der Waals surface area contributed by atoms with Crippen LogP contribution in [-0.4, -0.2) is 61.1 Å². The van der Waals surface area contributed by atoms with Crippen LogP contribution >= 0.6 is 11.3 Å². The molecule has 0 aliphatic carbocycles. The van der Waals surface area contributed by atoms with Crippen LogP contribution < -0.4 is 20.7 Å². The number of thiophene rings is 1. The van der Waals surface area contributed by atoms with Crippen molar-refractivity contribution in [3.05, 3.63) is 47.7 Å². The molecule has 4 N–H and O–H groups in total. The molecule has 2 aromatic heterocycles. The Bertz CT molecular complexity index is 1390. The molecule has 4 heterocycles. The van der Waals surface area contributed by atoms with E-state index in [-0.39, 0.29) is 18.2 Å². The van der Waals surface area contributed by atoms with Gasteiger partial charge in [-0.2, -0.15) is 5.10 Å². The second-order valence-electron chi connectivity index (χ2n) is 9.13. The summed E-state index contributed by atoms with van der Waals surface area (Å²) in [6.45, 7) is 2.07. The van der Waals surface area contributed by atoms with E-state index in [4.69, 9.17) is 9.47 Å². The van der Waals surface area contributed by atoms with E-state index in [2.05, 4.69) is 32.2 Å². The molecular formula is C25H28N6O3S. The maximum Gasteiger partial charge on any atom is 0.253 e. The molecule has 1 saturated heterocycles. The fourth-order valence-electron chi connectivity index (χ4n) is 4.70. The van der Waals surface area contributed by atoms with Gasteiger partial charge in [0.15, 0.2) is 0 Å². The van der Waals surface area contributed by atoms with Gasteiger partial charge in [0.2, 0.25) is 0 Å². The summed E-state index contributed by atoms with van der Waals surface area (Å²) in [6.07, 6.45) is 3.56. The predicted octanol–water partition coefficient (Wildman–Crippen LogP) is 4.12. The lowest BCUT2D eigenvalue weighted by Gasteiger charge is -2.29. The first kappa shape index (κ1) is 22.1. The molecule has 2 aliphatic rings. The van der Waals surface area contributed by atoms with E-state index < -0.39 is 0 Å². The van der Waals surface area contributed by atoms with E-state index in [1.54, 1.807) is 30.3 Å². The number of aromatic nitrogens is 2. The van der Waals surface area contributed by atoms with Crippen molar-refractivity contribution in [3.8, 4) is 5.75 Å². The minimum atomic E-state index is -0.128. The average Bonchev–Trinajstić information content (AvgIpc) is 3.48. The van der Waals surface area contributed by atoms with Gasteiger partial charge in [-0.1, -0.05) is 6.07 Å². The van der Waals surface area contributed by atoms with Crippen molar-refractivity contribution in [2.45, 2.75) is 25.1 Å². The van der Waals surface area contributed by atoms with Crippen LogP contribution in [0.4, 0.5) is 10.7 Å². The Hall–Kier alpha value is -3.34. The lowest BCUT2D eigenvalue weighted by molar-refractivity contribution is 0.0258. The molecule has 0 saturated carbocycles. The van der Waals surface area contributed by atoms with Crippen molar-refractivity contribution < 1.29 is 14.3 Å². The molecule has 35 heavy (non-hydrogen) atoms. The maximum atomic E-state index is 12.5. The summed E-state index contributed by atoms with van der Waals surface area (Å²) >= 11 is 1.67. The van der Waals surface area contributed by atoms with Crippen molar-refractivity contribution in [2.24, 2.45) is 0 Å². The molecule has 0 radical (unpaired) electrons. The summed E-state index contributed by atoms with van der Waals surface area (Å²) in [7, 11) is 3.54. The van der Waals surface area contributed by atoms with Crippen LogP contribution in [0.25, 0.3) is 21.0 Å². The van der Waals surface area contributed by atoms with E-state index in [9.17, 15) is 4.79 Å². The molecule has 6 rings (SSSR count). The number of ether oxygens (including phenoxy) is 2. The summed E-state index contributed by atoms with van der Waals surface area (Å²) in [5, 5.41) is 21.2. The number of hydrogen-bond acceptors (Lipinski definition) is 8. The van der Waals surface area contributed by atoms with Crippen LogP contribution in [0.15, 0.2) is 36.5 Å². The molecule has 4 aromatic rings. The Morgan fingerprint density at radius 2 is 2.09 bits per heavy atom. The highest BCUT2D eigenvalue weighted by Crippen LogP contribution is 2.43. The standard InChI is InChI=1S/C25H28N6O3S/c1-31(2)25(32)14-3-4-17-21(10-14)35-24-22(17)23(26-13-27-24)29-19-9-15-12-28-30-18(15)11-20(19)34-16-5-7-33-8-6-16/h3-4,9-12,16,23,26-27,29H,5-8,13H2,1-2H3,(H,28,30). The number of fused-ring (bicyclic) bond motifs is 4. The molecule has 10 heteroatoms. The Kier molecular flexibility index (Phi) is 5.71. The highest BCUT2D eigenvalue weighted by atomic mass is 32.1. The molecule has 0 bridgehead atoms. The van der Waals surface area contributed by atoms with Gasteiger partial charge in [-0.05, 0) is 18.2 Å². The van der Waals surface area contributed by atoms with Gasteiger partial charge in [0.05, 0.1) is 42.3 Å². The van der Waals surface area contributed by atoms with Gasteiger partial charge >= 0.3 is 0 Å². The van der Waals surface area contributed by atoms with E-state index >= 15 is 0 Å². The molecule has 1 atom stereocenters. The molecule has 182 valence electrons. The molecule has 0 spiro atoms. The van der Waals surface area contributed by atoms with Gasteiger partial charge in [0, 0.05) is 59.6 Å². The quantitative estimate of drug-likeness (QED) is 0.332. The largest absolute Gasteiger partial charge is 0.488 e. The van der Waals surface area contributed by atoms with E-state index in [1.807, 2.05) is 30.5 Å². The Morgan fingerprint density at radius 3 is 2.91 bits per heavy atom. The molecular weight excluding hydrogens is 464 g/mol. The average molecular weight is 493 g/mol. The number of carbonyl (C=O) groups excluding carboxylic acids is 1. The van der Waals surface area contributed by atoms with Crippen molar-refractivity contribution in [1.29, 1.82) is 0 Å². The van der Waals surface area contributed by atoms with Crippen LogP contribution in [0.5, 0.6) is 5.75 Å². The fraction of sp³-hybridized carbons (Fsp3) is 0.360. The first-order valence-corrected chi connectivity index (χ1v) is 12.6. The van der Waals surface area contributed by atoms with Gasteiger partial charge in [0.1, 0.15) is 18.0 Å². The minimum absolute atomic E-state index is 0.00218. The van der Waals surface area contributed by atoms with Gasteiger partial charge in [-0.25, -0.2) is 0 Å². The number of nitrogens with one attached hydrogen (secondary N) is 4. The highest BCUT2D eigenvalue weighted by Gasteiger charge is 2.27. The SMILES string of the molecule is CN(C)C(=O)c1ccc2c3c(sc2c1)NCNC3Nc1cc2cn[nH]c2cc1OC1CCOCC1. The van der Waals surface area contributed by atoms with Crippen molar-refractivity contribution in [3.63, 3.8) is 0 Å². The van der Waals surface area contributed by atoms with Crippen molar-refractivity contribution in [2.75, 3.05) is 44.6 Å². The summed E-state index contributed by atoms with van der Waals surface area (Å²) in [4.78, 5) is 14.1. The first-order valence-electron chi connectivity index (χ1n) is 11.8. The van der Waals surface area contributed by atoms with Gasteiger partial charge in [0.25, 0.3) is 5.91 Å². The van der Waals surface area contributed by atoms with Gasteiger partial charge < -0.3 is 25.0 Å². The Balaban J connectivity index is 1.36. The predicted molar refractivity (Wildman–Crippen MR) is 138 cm³/mol.